The monoisotopic (exact) mass is 255 g/mol. The Balaban J connectivity index is 2.53. The molecule has 0 radical (unpaired) electrons. The van der Waals surface area contributed by atoms with Gasteiger partial charge in [0.25, 0.3) is 0 Å². The molecule has 0 spiro atoms. The van der Waals surface area contributed by atoms with Crippen LogP contribution in [0.4, 0.5) is 10.3 Å². The third-order valence-electron chi connectivity index (χ3n) is 2.60. The second-order valence-electron chi connectivity index (χ2n) is 4.06. The zero-order valence-corrected chi connectivity index (χ0v) is 10.5. The second-order valence-corrected chi connectivity index (χ2v) is 5.54. The van der Waals surface area contributed by atoms with Crippen LogP contribution in [0, 0.1) is 5.82 Å². The average Bonchev–Trinajstić information content (AvgIpc) is 2.51. The normalized spacial score (nSPS) is 15.0. The number of anilines is 1. The molecule has 2 rings (SSSR count). The minimum atomic E-state index is -0.914. The quantitative estimate of drug-likeness (QED) is 0.908. The number of hydrogen-bond acceptors (Lipinski definition) is 3. The molecule has 6 heteroatoms. The molecule has 0 amide bonds. The first-order valence-corrected chi connectivity index (χ1v) is 6.94. The third kappa shape index (κ3) is 2.31. The number of hydrogen-bond donors (Lipinski definition) is 1. The molecule has 2 aromatic rings. The number of benzene rings is 1. The van der Waals surface area contributed by atoms with Gasteiger partial charge in [0.15, 0.2) is 0 Å². The van der Waals surface area contributed by atoms with E-state index >= 15 is 0 Å². The van der Waals surface area contributed by atoms with Gasteiger partial charge < -0.3 is 10.3 Å². The summed E-state index contributed by atoms with van der Waals surface area (Å²) in [4.78, 5) is 4.10. The molecule has 0 aliphatic carbocycles. The molecule has 1 aromatic carbocycles. The second kappa shape index (κ2) is 4.44. The van der Waals surface area contributed by atoms with E-state index in [1.54, 1.807) is 16.9 Å². The SMILES string of the molecule is CC(CS(C)=O)n1c(N)nc2cc(F)ccc21. The molecular formula is C11H14FN3OS. The Morgan fingerprint density at radius 2 is 2.29 bits per heavy atom. The van der Waals surface area contributed by atoms with Crippen molar-refractivity contribution >= 4 is 27.8 Å². The molecule has 2 atom stereocenters. The summed E-state index contributed by atoms with van der Waals surface area (Å²) >= 11 is 0. The molecule has 1 heterocycles. The Hall–Kier alpha value is -1.43. The highest BCUT2D eigenvalue weighted by molar-refractivity contribution is 7.84. The van der Waals surface area contributed by atoms with Crippen LogP contribution >= 0.6 is 0 Å². The van der Waals surface area contributed by atoms with Crippen LogP contribution in [0.5, 0.6) is 0 Å². The van der Waals surface area contributed by atoms with Crippen LogP contribution in [0.2, 0.25) is 0 Å². The summed E-state index contributed by atoms with van der Waals surface area (Å²) in [5.41, 5.74) is 7.10. The lowest BCUT2D eigenvalue weighted by Gasteiger charge is -2.14. The zero-order chi connectivity index (χ0) is 12.6. The predicted octanol–water partition coefficient (Wildman–Crippen LogP) is 1.70. The van der Waals surface area contributed by atoms with E-state index in [2.05, 4.69) is 4.98 Å². The van der Waals surface area contributed by atoms with Crippen molar-refractivity contribution in [2.75, 3.05) is 17.7 Å². The van der Waals surface area contributed by atoms with Crippen molar-refractivity contribution in [2.45, 2.75) is 13.0 Å². The van der Waals surface area contributed by atoms with Crippen LogP contribution in [0.15, 0.2) is 18.2 Å². The minimum absolute atomic E-state index is 0.0312. The molecule has 0 aliphatic heterocycles. The summed E-state index contributed by atoms with van der Waals surface area (Å²) in [6, 6.07) is 4.33. The van der Waals surface area contributed by atoms with Gasteiger partial charge in [-0.3, -0.25) is 4.21 Å². The van der Waals surface area contributed by atoms with Gasteiger partial charge in [-0.25, -0.2) is 9.37 Å². The number of aromatic nitrogens is 2. The maximum atomic E-state index is 13.1. The fourth-order valence-corrected chi connectivity index (χ4v) is 2.80. The van der Waals surface area contributed by atoms with Gasteiger partial charge in [0.05, 0.1) is 11.0 Å². The maximum Gasteiger partial charge on any atom is 0.201 e. The molecule has 0 saturated carbocycles. The number of fused-ring (bicyclic) bond motifs is 1. The fraction of sp³-hybridized carbons (Fsp3) is 0.364. The van der Waals surface area contributed by atoms with E-state index in [0.29, 0.717) is 17.2 Å². The van der Waals surface area contributed by atoms with E-state index in [-0.39, 0.29) is 11.9 Å². The van der Waals surface area contributed by atoms with Crippen LogP contribution in [-0.4, -0.2) is 25.8 Å². The van der Waals surface area contributed by atoms with E-state index in [4.69, 9.17) is 5.73 Å². The van der Waals surface area contributed by atoms with Gasteiger partial charge in [0.1, 0.15) is 5.82 Å². The first-order valence-electron chi connectivity index (χ1n) is 5.22. The van der Waals surface area contributed by atoms with Crippen LogP contribution in [-0.2, 0) is 10.8 Å². The smallest absolute Gasteiger partial charge is 0.201 e. The Kier molecular flexibility index (Phi) is 3.15. The minimum Gasteiger partial charge on any atom is -0.369 e. The molecular weight excluding hydrogens is 241 g/mol. The van der Waals surface area contributed by atoms with Gasteiger partial charge in [-0.15, -0.1) is 0 Å². The van der Waals surface area contributed by atoms with E-state index in [1.165, 1.54) is 12.1 Å². The van der Waals surface area contributed by atoms with Crippen LogP contribution in [0.25, 0.3) is 11.0 Å². The van der Waals surface area contributed by atoms with Crippen molar-refractivity contribution in [2.24, 2.45) is 0 Å². The molecule has 17 heavy (non-hydrogen) atoms. The van der Waals surface area contributed by atoms with Crippen LogP contribution in [0.3, 0.4) is 0 Å². The molecule has 1 aromatic heterocycles. The first-order chi connectivity index (χ1) is 7.99. The predicted molar refractivity (Wildman–Crippen MR) is 67.7 cm³/mol. The Labute approximate surface area is 101 Å². The van der Waals surface area contributed by atoms with Crippen molar-refractivity contribution in [3.05, 3.63) is 24.0 Å². The van der Waals surface area contributed by atoms with E-state index in [0.717, 1.165) is 5.52 Å². The lowest BCUT2D eigenvalue weighted by molar-refractivity contribution is 0.617. The summed E-state index contributed by atoms with van der Waals surface area (Å²) in [5, 5.41) is 0. The lowest BCUT2D eigenvalue weighted by atomic mass is 10.3. The Morgan fingerprint density at radius 3 is 2.94 bits per heavy atom. The Bertz CT molecular complexity index is 581. The van der Waals surface area contributed by atoms with Crippen molar-refractivity contribution in [3.63, 3.8) is 0 Å². The highest BCUT2D eigenvalue weighted by Gasteiger charge is 2.15. The molecule has 2 unspecified atom stereocenters. The highest BCUT2D eigenvalue weighted by atomic mass is 32.2. The highest BCUT2D eigenvalue weighted by Crippen LogP contribution is 2.23. The molecule has 0 saturated heterocycles. The van der Waals surface area contributed by atoms with Crippen molar-refractivity contribution in [3.8, 4) is 0 Å². The number of halogens is 1. The fourth-order valence-electron chi connectivity index (χ4n) is 1.97. The van der Waals surface area contributed by atoms with Crippen molar-refractivity contribution < 1.29 is 8.60 Å². The standard InChI is InChI=1S/C11H14FN3OS/c1-7(6-17(2)16)15-10-4-3-8(12)5-9(10)14-11(15)13/h3-5,7H,6H2,1-2H3,(H2,13,14). The molecule has 2 N–H and O–H groups in total. The number of nitrogens with zero attached hydrogens (tertiary/aromatic N) is 2. The molecule has 0 fully saturated rings. The largest absolute Gasteiger partial charge is 0.369 e. The Morgan fingerprint density at radius 1 is 1.59 bits per heavy atom. The summed E-state index contributed by atoms with van der Waals surface area (Å²) in [6.07, 6.45) is 1.64. The summed E-state index contributed by atoms with van der Waals surface area (Å²) < 4.78 is 26.1. The van der Waals surface area contributed by atoms with Gasteiger partial charge in [0, 0.05) is 34.9 Å². The molecule has 92 valence electrons. The van der Waals surface area contributed by atoms with Crippen LogP contribution < -0.4 is 5.73 Å². The first kappa shape index (κ1) is 12.0. The van der Waals surface area contributed by atoms with Gasteiger partial charge in [-0.1, -0.05) is 0 Å². The lowest BCUT2D eigenvalue weighted by Crippen LogP contribution is -2.14. The van der Waals surface area contributed by atoms with Gasteiger partial charge in [0.2, 0.25) is 5.95 Å². The third-order valence-corrected chi connectivity index (χ3v) is 3.55. The maximum absolute atomic E-state index is 13.1. The average molecular weight is 255 g/mol. The summed E-state index contributed by atoms with van der Waals surface area (Å²) in [6.45, 7) is 1.92. The van der Waals surface area contributed by atoms with Gasteiger partial charge in [-0.05, 0) is 19.1 Å². The number of rotatable bonds is 3. The summed E-state index contributed by atoms with van der Waals surface area (Å²) in [5.74, 6) is 0.477. The van der Waals surface area contributed by atoms with Gasteiger partial charge >= 0.3 is 0 Å². The van der Waals surface area contributed by atoms with E-state index in [1.807, 2.05) is 6.92 Å². The van der Waals surface area contributed by atoms with Gasteiger partial charge in [-0.2, -0.15) is 0 Å². The van der Waals surface area contributed by atoms with E-state index < -0.39 is 10.8 Å². The zero-order valence-electron chi connectivity index (χ0n) is 9.68. The van der Waals surface area contributed by atoms with Crippen molar-refractivity contribution in [1.82, 2.24) is 9.55 Å². The molecule has 0 aliphatic rings. The van der Waals surface area contributed by atoms with Crippen molar-refractivity contribution in [1.29, 1.82) is 0 Å². The summed E-state index contributed by atoms with van der Waals surface area (Å²) in [7, 11) is -0.914. The number of imidazole rings is 1. The molecule has 4 nitrogen and oxygen atoms in total. The molecule has 0 bridgehead atoms. The number of nitrogen functional groups attached to an aromatic ring is 1. The van der Waals surface area contributed by atoms with E-state index in [9.17, 15) is 8.60 Å². The topological polar surface area (TPSA) is 60.9 Å². The van der Waals surface area contributed by atoms with Crippen LogP contribution in [0.1, 0.15) is 13.0 Å². The number of nitrogens with two attached hydrogens (primary N) is 1.